The highest BCUT2D eigenvalue weighted by Crippen LogP contribution is 2.40. The van der Waals surface area contributed by atoms with Gasteiger partial charge >= 0.3 is 0 Å². The third-order valence-electron chi connectivity index (χ3n) is 6.78. The number of amides is 1. The van der Waals surface area contributed by atoms with Crippen molar-refractivity contribution in [2.24, 2.45) is 5.41 Å². The first-order valence-corrected chi connectivity index (χ1v) is 11.5. The van der Waals surface area contributed by atoms with Crippen LogP contribution in [0.5, 0.6) is 0 Å². The third kappa shape index (κ3) is 3.67. The van der Waals surface area contributed by atoms with E-state index in [1.807, 2.05) is 23.3 Å². The van der Waals surface area contributed by atoms with Gasteiger partial charge in [0.05, 0.1) is 11.6 Å². The molecule has 10 nitrogen and oxygen atoms in total. The minimum absolute atomic E-state index is 0.0171. The molecule has 3 aromatic rings. The van der Waals surface area contributed by atoms with Gasteiger partial charge in [-0.25, -0.2) is 24.9 Å². The van der Waals surface area contributed by atoms with Crippen molar-refractivity contribution in [2.45, 2.75) is 58.5 Å². The fraction of sp³-hybridized carbons (Fsp3) is 0.522. The van der Waals surface area contributed by atoms with E-state index < -0.39 is 5.41 Å². The fourth-order valence-electron chi connectivity index (χ4n) is 4.98. The van der Waals surface area contributed by atoms with Crippen molar-refractivity contribution in [3.05, 3.63) is 24.5 Å². The molecule has 33 heavy (non-hydrogen) atoms. The Hall–Kier alpha value is -3.61. The molecule has 0 aromatic carbocycles. The van der Waals surface area contributed by atoms with Gasteiger partial charge in [0.1, 0.15) is 23.4 Å². The molecule has 1 N–H and O–H groups in total. The van der Waals surface area contributed by atoms with Crippen LogP contribution in [-0.2, 0) is 11.3 Å². The van der Waals surface area contributed by atoms with Gasteiger partial charge in [0, 0.05) is 38.1 Å². The lowest BCUT2D eigenvalue weighted by Crippen LogP contribution is -2.41. The predicted octanol–water partition coefficient (Wildman–Crippen LogP) is 2.71. The lowest BCUT2D eigenvalue weighted by Gasteiger charge is -2.26. The van der Waals surface area contributed by atoms with E-state index in [-0.39, 0.29) is 11.9 Å². The van der Waals surface area contributed by atoms with E-state index in [0.717, 1.165) is 36.3 Å². The molecule has 1 aliphatic carbocycles. The number of nitrogens with zero attached hydrogens (tertiary/aromatic N) is 8. The molecule has 1 amide bonds. The molecule has 0 bridgehead atoms. The number of anilines is 1. The number of hydrogen-bond donors (Lipinski definition) is 1. The standard InChI is InChI=1S/C23H27N9O/c1-3-32-20(16-10-25-15(2)26-11-16)30-18-19(27-14-28-21(18)32)29-17-6-9-31(12-17)22(33)23(13-24)7-4-5-8-23/h10-11,14,17H,3-9,12H2,1-2H3,(H,27,28,29). The van der Waals surface area contributed by atoms with Gasteiger partial charge in [-0.05, 0) is 33.1 Å². The maximum Gasteiger partial charge on any atom is 0.243 e. The number of likely N-dealkylation sites (tertiary alicyclic amines) is 1. The SMILES string of the molecule is CCn1c(-c2cnc(C)nc2)nc2c(NC3CCN(C(=O)C4(C#N)CCCC4)C3)ncnc21. The molecule has 1 saturated heterocycles. The first-order valence-electron chi connectivity index (χ1n) is 11.5. The van der Waals surface area contributed by atoms with Crippen LogP contribution in [0.4, 0.5) is 5.82 Å². The summed E-state index contributed by atoms with van der Waals surface area (Å²) in [6.07, 6.45) is 9.10. The Balaban J connectivity index is 1.39. The molecule has 2 aliphatic rings. The topological polar surface area (TPSA) is 126 Å². The zero-order valence-corrected chi connectivity index (χ0v) is 19.0. The Morgan fingerprint density at radius 2 is 2.00 bits per heavy atom. The number of hydrogen-bond acceptors (Lipinski definition) is 8. The van der Waals surface area contributed by atoms with Crippen LogP contribution < -0.4 is 5.32 Å². The van der Waals surface area contributed by atoms with Crippen LogP contribution in [0.3, 0.4) is 0 Å². The van der Waals surface area contributed by atoms with Gasteiger partial charge in [-0.1, -0.05) is 12.8 Å². The van der Waals surface area contributed by atoms with Crippen molar-refractivity contribution in [1.29, 1.82) is 5.26 Å². The van der Waals surface area contributed by atoms with Crippen molar-refractivity contribution in [3.63, 3.8) is 0 Å². The monoisotopic (exact) mass is 445 g/mol. The lowest BCUT2D eigenvalue weighted by molar-refractivity contribution is -0.137. The maximum atomic E-state index is 13.1. The van der Waals surface area contributed by atoms with Crippen LogP contribution in [0, 0.1) is 23.7 Å². The summed E-state index contributed by atoms with van der Waals surface area (Å²) in [4.78, 5) is 37.3. The quantitative estimate of drug-likeness (QED) is 0.635. The van der Waals surface area contributed by atoms with Crippen molar-refractivity contribution in [3.8, 4) is 17.5 Å². The van der Waals surface area contributed by atoms with Crippen LogP contribution in [0.1, 0.15) is 44.9 Å². The van der Waals surface area contributed by atoms with Crippen LogP contribution in [0.2, 0.25) is 0 Å². The number of rotatable bonds is 5. The molecule has 1 atom stereocenters. The van der Waals surface area contributed by atoms with E-state index in [9.17, 15) is 10.1 Å². The Labute approximate surface area is 192 Å². The van der Waals surface area contributed by atoms with Crippen LogP contribution in [0.25, 0.3) is 22.6 Å². The molecule has 5 rings (SSSR count). The average Bonchev–Trinajstić information content (AvgIpc) is 3.58. The normalized spacial score (nSPS) is 19.7. The lowest BCUT2D eigenvalue weighted by atomic mass is 9.86. The summed E-state index contributed by atoms with van der Waals surface area (Å²) in [5, 5.41) is 13.2. The van der Waals surface area contributed by atoms with E-state index >= 15 is 0 Å². The maximum absolute atomic E-state index is 13.1. The summed E-state index contributed by atoms with van der Waals surface area (Å²) < 4.78 is 2.03. The number of aryl methyl sites for hydroxylation is 2. The van der Waals surface area contributed by atoms with Crippen molar-refractivity contribution in [2.75, 3.05) is 18.4 Å². The summed E-state index contributed by atoms with van der Waals surface area (Å²) in [7, 11) is 0. The molecular formula is C23H27N9O. The minimum Gasteiger partial charge on any atom is -0.364 e. The first kappa shape index (κ1) is 21.2. The van der Waals surface area contributed by atoms with E-state index in [4.69, 9.17) is 4.98 Å². The first-order chi connectivity index (χ1) is 16.0. The highest BCUT2D eigenvalue weighted by atomic mass is 16.2. The highest BCUT2D eigenvalue weighted by molar-refractivity contribution is 5.87. The van der Waals surface area contributed by atoms with Gasteiger partial charge < -0.3 is 14.8 Å². The van der Waals surface area contributed by atoms with Crippen molar-refractivity contribution in [1.82, 2.24) is 34.4 Å². The molecular weight excluding hydrogens is 418 g/mol. The van der Waals surface area contributed by atoms with Gasteiger partial charge in [-0.2, -0.15) is 5.26 Å². The second-order valence-electron chi connectivity index (χ2n) is 8.88. The largest absolute Gasteiger partial charge is 0.364 e. The highest BCUT2D eigenvalue weighted by Gasteiger charge is 2.45. The zero-order chi connectivity index (χ0) is 23.0. The number of aromatic nitrogens is 6. The van der Waals surface area contributed by atoms with Gasteiger partial charge in [0.15, 0.2) is 17.0 Å². The Bertz CT molecular complexity index is 1220. The van der Waals surface area contributed by atoms with Gasteiger partial charge in [-0.15, -0.1) is 0 Å². The second-order valence-corrected chi connectivity index (χ2v) is 8.88. The van der Waals surface area contributed by atoms with Gasteiger partial charge in [0.2, 0.25) is 5.91 Å². The number of carbonyl (C=O) groups excluding carboxylic acids is 1. The summed E-state index contributed by atoms with van der Waals surface area (Å²) in [6.45, 7) is 5.78. The molecule has 1 aliphatic heterocycles. The summed E-state index contributed by atoms with van der Waals surface area (Å²) in [5.41, 5.74) is 1.42. The molecule has 2 fully saturated rings. The van der Waals surface area contributed by atoms with E-state index in [0.29, 0.717) is 49.6 Å². The Kier molecular flexibility index (Phi) is 5.40. The molecule has 1 unspecified atom stereocenters. The minimum atomic E-state index is -0.831. The zero-order valence-electron chi connectivity index (χ0n) is 19.0. The molecule has 10 heteroatoms. The molecule has 3 aromatic heterocycles. The van der Waals surface area contributed by atoms with Crippen LogP contribution in [-0.4, -0.2) is 59.4 Å². The van der Waals surface area contributed by atoms with Crippen LogP contribution in [0.15, 0.2) is 18.7 Å². The predicted molar refractivity (Wildman–Crippen MR) is 122 cm³/mol. The number of imidazole rings is 1. The van der Waals surface area contributed by atoms with Gasteiger partial charge in [0.25, 0.3) is 0 Å². The summed E-state index contributed by atoms with van der Waals surface area (Å²) in [6, 6.07) is 2.37. The Morgan fingerprint density at radius 1 is 1.24 bits per heavy atom. The molecule has 1 saturated carbocycles. The van der Waals surface area contributed by atoms with Crippen molar-refractivity contribution < 1.29 is 4.79 Å². The average molecular weight is 446 g/mol. The number of nitriles is 1. The van der Waals surface area contributed by atoms with Crippen LogP contribution >= 0.6 is 0 Å². The Morgan fingerprint density at radius 3 is 2.70 bits per heavy atom. The van der Waals surface area contributed by atoms with E-state index in [1.54, 1.807) is 12.4 Å². The smallest absolute Gasteiger partial charge is 0.243 e. The van der Waals surface area contributed by atoms with E-state index in [2.05, 4.69) is 31.3 Å². The molecule has 4 heterocycles. The summed E-state index contributed by atoms with van der Waals surface area (Å²) >= 11 is 0. The molecule has 0 radical (unpaired) electrons. The summed E-state index contributed by atoms with van der Waals surface area (Å²) in [5.74, 6) is 2.08. The second kappa shape index (κ2) is 8.39. The third-order valence-corrected chi connectivity index (χ3v) is 6.78. The van der Waals surface area contributed by atoms with E-state index in [1.165, 1.54) is 6.33 Å². The number of carbonyl (C=O) groups is 1. The molecule has 0 spiro atoms. The number of fused-ring (bicyclic) bond motifs is 1. The van der Waals surface area contributed by atoms with Gasteiger partial charge in [-0.3, -0.25) is 4.79 Å². The molecule has 170 valence electrons. The van der Waals surface area contributed by atoms with Crippen molar-refractivity contribution >= 4 is 22.9 Å². The fourth-order valence-corrected chi connectivity index (χ4v) is 4.98. The number of nitrogens with one attached hydrogen (secondary N) is 1.